The smallest absolute Gasteiger partial charge is 0.266 e. The van der Waals surface area contributed by atoms with Crippen molar-refractivity contribution in [3.8, 4) is 23.7 Å². The SMILES string of the molecule is CC(C)(C(F)F)[C@H](NC(=O)c1ccc(C#CC#Cc2ccns2)cc1)C(=O)NO. The topological polar surface area (TPSA) is 91.3 Å². The Morgan fingerprint density at radius 1 is 1.14 bits per heavy atom. The van der Waals surface area contributed by atoms with Gasteiger partial charge >= 0.3 is 0 Å². The van der Waals surface area contributed by atoms with Crippen LogP contribution in [-0.2, 0) is 4.79 Å². The normalized spacial score (nSPS) is 11.5. The van der Waals surface area contributed by atoms with Gasteiger partial charge < -0.3 is 5.32 Å². The summed E-state index contributed by atoms with van der Waals surface area (Å²) in [6.45, 7) is 2.23. The molecule has 0 bridgehead atoms. The minimum absolute atomic E-state index is 0.145. The van der Waals surface area contributed by atoms with Gasteiger partial charge in [-0.1, -0.05) is 19.8 Å². The van der Waals surface area contributed by atoms with E-state index in [1.54, 1.807) is 24.4 Å². The van der Waals surface area contributed by atoms with Crippen molar-refractivity contribution in [1.82, 2.24) is 15.2 Å². The third-order valence-corrected chi connectivity index (χ3v) is 4.66. The van der Waals surface area contributed by atoms with Crippen molar-refractivity contribution >= 4 is 23.3 Å². The minimum Gasteiger partial charge on any atom is -0.339 e. The molecule has 9 heteroatoms. The van der Waals surface area contributed by atoms with Crippen molar-refractivity contribution < 1.29 is 23.6 Å². The first-order valence-electron chi connectivity index (χ1n) is 8.31. The lowest BCUT2D eigenvalue weighted by molar-refractivity contribution is -0.137. The predicted octanol–water partition coefficient (Wildman–Crippen LogP) is 2.44. The van der Waals surface area contributed by atoms with Gasteiger partial charge in [0.15, 0.2) is 0 Å². The van der Waals surface area contributed by atoms with E-state index in [4.69, 9.17) is 5.21 Å². The summed E-state index contributed by atoms with van der Waals surface area (Å²) in [6.07, 6.45) is -1.27. The van der Waals surface area contributed by atoms with Gasteiger partial charge in [0.25, 0.3) is 11.8 Å². The van der Waals surface area contributed by atoms with Crippen LogP contribution >= 0.6 is 11.5 Å². The molecule has 2 aromatic rings. The number of nitrogens with zero attached hydrogens (tertiary/aromatic N) is 1. The molecule has 0 aliphatic carbocycles. The molecule has 1 heterocycles. The summed E-state index contributed by atoms with van der Waals surface area (Å²) in [7, 11) is 0. The number of hydrogen-bond donors (Lipinski definition) is 3. The fourth-order valence-corrected chi connectivity index (χ4v) is 2.63. The summed E-state index contributed by atoms with van der Waals surface area (Å²) in [6, 6.07) is 6.15. The number of nitrogens with one attached hydrogen (secondary N) is 2. The number of alkyl halides is 2. The van der Waals surface area contributed by atoms with E-state index in [-0.39, 0.29) is 5.56 Å². The molecule has 0 spiro atoms. The average Bonchev–Trinajstić information content (AvgIpc) is 3.22. The molecule has 0 saturated heterocycles. The molecule has 2 amide bonds. The van der Waals surface area contributed by atoms with E-state index in [1.165, 1.54) is 29.1 Å². The highest BCUT2D eigenvalue weighted by atomic mass is 32.1. The van der Waals surface area contributed by atoms with Crippen molar-refractivity contribution in [2.45, 2.75) is 26.3 Å². The van der Waals surface area contributed by atoms with Gasteiger partial charge in [-0.25, -0.2) is 14.3 Å². The molecule has 1 aromatic carbocycles. The van der Waals surface area contributed by atoms with E-state index in [1.807, 2.05) is 0 Å². The number of halogens is 2. The molecule has 29 heavy (non-hydrogen) atoms. The van der Waals surface area contributed by atoms with Gasteiger partial charge in [-0.3, -0.25) is 14.8 Å². The zero-order valence-corrected chi connectivity index (χ0v) is 16.3. The van der Waals surface area contributed by atoms with Crippen molar-refractivity contribution in [3.63, 3.8) is 0 Å². The van der Waals surface area contributed by atoms with Crippen LogP contribution < -0.4 is 10.8 Å². The summed E-state index contributed by atoms with van der Waals surface area (Å²) in [5, 5.41) is 11.0. The molecule has 0 fully saturated rings. The van der Waals surface area contributed by atoms with Gasteiger partial charge in [0.1, 0.15) is 6.04 Å². The highest BCUT2D eigenvalue weighted by Crippen LogP contribution is 2.29. The number of carbonyl (C=O) groups is 2. The van der Waals surface area contributed by atoms with Crippen LogP contribution in [-0.4, -0.2) is 33.9 Å². The average molecular weight is 417 g/mol. The lowest BCUT2D eigenvalue weighted by Crippen LogP contribution is -2.56. The molecule has 0 unspecified atom stereocenters. The Morgan fingerprint density at radius 2 is 1.79 bits per heavy atom. The number of carbonyl (C=O) groups excluding carboxylic acids is 2. The summed E-state index contributed by atoms with van der Waals surface area (Å²) in [4.78, 5) is 24.9. The Kier molecular flexibility index (Phi) is 7.43. The summed E-state index contributed by atoms with van der Waals surface area (Å²) < 4.78 is 30.4. The molecular formula is C20H17F2N3O3S. The quantitative estimate of drug-likeness (QED) is 0.396. The second-order valence-electron chi connectivity index (χ2n) is 6.46. The Labute approximate surface area is 170 Å². The molecule has 6 nitrogen and oxygen atoms in total. The molecule has 0 aliphatic heterocycles. The first kappa shape index (κ1) is 22.0. The number of benzene rings is 1. The molecule has 0 radical (unpaired) electrons. The summed E-state index contributed by atoms with van der Waals surface area (Å²) >= 11 is 1.26. The number of rotatable bonds is 5. The van der Waals surface area contributed by atoms with Gasteiger partial charge in [0.2, 0.25) is 6.43 Å². The van der Waals surface area contributed by atoms with E-state index in [0.717, 1.165) is 18.7 Å². The number of hydroxylamine groups is 1. The standard InChI is InChI=1S/C20H17F2N3O3S/c1-20(2,19(21)22)16(18(27)25-28)24-17(26)14-9-7-13(8-10-14)5-3-4-6-15-11-12-23-29-15/h7-12,16,19,28H,1-2H3,(H,24,26)(H,25,27)/t16-/m1/s1. The zero-order chi connectivity index (χ0) is 21.4. The van der Waals surface area contributed by atoms with Crippen LogP contribution in [0.1, 0.15) is 34.6 Å². The Balaban J connectivity index is 2.10. The lowest BCUT2D eigenvalue weighted by Gasteiger charge is -2.32. The van der Waals surface area contributed by atoms with Gasteiger partial charge in [-0.15, -0.1) is 0 Å². The second-order valence-corrected chi connectivity index (χ2v) is 7.29. The molecule has 2 rings (SSSR count). The van der Waals surface area contributed by atoms with Crippen molar-refractivity contribution in [2.75, 3.05) is 0 Å². The fourth-order valence-electron chi connectivity index (χ4n) is 2.18. The third-order valence-electron chi connectivity index (χ3n) is 3.99. The number of amides is 2. The van der Waals surface area contributed by atoms with Crippen molar-refractivity contribution in [3.05, 3.63) is 52.5 Å². The lowest BCUT2D eigenvalue weighted by atomic mass is 9.84. The summed E-state index contributed by atoms with van der Waals surface area (Å²) in [5.74, 6) is 9.14. The van der Waals surface area contributed by atoms with E-state index >= 15 is 0 Å². The molecule has 1 atom stereocenters. The molecule has 1 aromatic heterocycles. The number of aromatic nitrogens is 1. The molecular weight excluding hydrogens is 400 g/mol. The van der Waals surface area contributed by atoms with E-state index < -0.39 is 29.7 Å². The maximum atomic E-state index is 13.3. The molecule has 3 N–H and O–H groups in total. The third kappa shape index (κ3) is 5.85. The van der Waals surface area contributed by atoms with Gasteiger partial charge in [-0.05, 0) is 59.6 Å². The maximum absolute atomic E-state index is 13.3. The van der Waals surface area contributed by atoms with E-state index in [2.05, 4.69) is 33.4 Å². The largest absolute Gasteiger partial charge is 0.339 e. The van der Waals surface area contributed by atoms with Crippen molar-refractivity contribution in [2.24, 2.45) is 5.41 Å². The summed E-state index contributed by atoms with van der Waals surface area (Å²) in [5.41, 5.74) is 0.152. The zero-order valence-electron chi connectivity index (χ0n) is 15.5. The highest BCUT2D eigenvalue weighted by Gasteiger charge is 2.43. The molecule has 150 valence electrons. The van der Waals surface area contributed by atoms with Crippen LogP contribution in [0.2, 0.25) is 0 Å². The van der Waals surface area contributed by atoms with Gasteiger partial charge in [0, 0.05) is 17.3 Å². The first-order chi connectivity index (χ1) is 13.8. The molecule has 0 saturated carbocycles. The first-order valence-corrected chi connectivity index (χ1v) is 9.08. The van der Waals surface area contributed by atoms with Crippen LogP contribution in [0, 0.1) is 29.1 Å². The maximum Gasteiger partial charge on any atom is 0.266 e. The van der Waals surface area contributed by atoms with Crippen LogP contribution in [0.15, 0.2) is 36.5 Å². The van der Waals surface area contributed by atoms with Crippen LogP contribution in [0.4, 0.5) is 8.78 Å². The Morgan fingerprint density at radius 3 is 2.34 bits per heavy atom. The Bertz CT molecular complexity index is 982. The number of hydrogen-bond acceptors (Lipinski definition) is 5. The Hall–Kier alpha value is -3.27. The van der Waals surface area contributed by atoms with Gasteiger partial charge in [-0.2, -0.15) is 4.37 Å². The van der Waals surface area contributed by atoms with Crippen LogP contribution in [0.25, 0.3) is 0 Å². The van der Waals surface area contributed by atoms with Crippen molar-refractivity contribution in [1.29, 1.82) is 0 Å². The predicted molar refractivity (Wildman–Crippen MR) is 103 cm³/mol. The van der Waals surface area contributed by atoms with Crippen LogP contribution in [0.3, 0.4) is 0 Å². The van der Waals surface area contributed by atoms with E-state index in [0.29, 0.717) is 5.56 Å². The van der Waals surface area contributed by atoms with E-state index in [9.17, 15) is 18.4 Å². The fraction of sp³-hybridized carbons (Fsp3) is 0.250. The monoisotopic (exact) mass is 417 g/mol. The minimum atomic E-state index is -2.91. The van der Waals surface area contributed by atoms with Crippen LogP contribution in [0.5, 0.6) is 0 Å². The van der Waals surface area contributed by atoms with Gasteiger partial charge in [0.05, 0.1) is 10.3 Å². The second kappa shape index (κ2) is 9.78. The highest BCUT2D eigenvalue weighted by molar-refractivity contribution is 7.06. The molecule has 0 aliphatic rings.